The summed E-state index contributed by atoms with van der Waals surface area (Å²) < 4.78 is 38.1. The molecule has 13 heteroatoms. The van der Waals surface area contributed by atoms with Crippen LogP contribution in [0.5, 0.6) is 28.7 Å². The Morgan fingerprint density at radius 1 is 0.967 bits per heavy atom. The molecule has 0 spiro atoms. The second-order valence-corrected chi connectivity index (χ2v) is 16.3. The first-order chi connectivity index (χ1) is 29.2. The summed E-state index contributed by atoms with van der Waals surface area (Å²) >= 11 is 6.09. The van der Waals surface area contributed by atoms with Crippen LogP contribution in [-0.2, 0) is 20.9 Å². The Morgan fingerprint density at radius 2 is 1.72 bits per heavy atom. The molecular weight excluding hydrogens is 788 g/mol. The zero-order valence-electron chi connectivity index (χ0n) is 34.8. The number of rotatable bonds is 19. The second-order valence-electron chi connectivity index (χ2n) is 15.9. The van der Waals surface area contributed by atoms with Crippen LogP contribution in [-0.4, -0.2) is 85.0 Å². The van der Waals surface area contributed by atoms with Gasteiger partial charge in [0.1, 0.15) is 37.0 Å². The number of carbonyl (C=O) groups is 1. The maximum absolute atomic E-state index is 14.5. The third-order valence-corrected chi connectivity index (χ3v) is 12.4. The third kappa shape index (κ3) is 8.98. The first kappa shape index (κ1) is 43.3. The molecule has 3 aromatic carbocycles. The maximum Gasteiger partial charge on any atom is 0.410 e. The van der Waals surface area contributed by atoms with Crippen LogP contribution in [0.25, 0.3) is 0 Å². The van der Waals surface area contributed by atoms with Gasteiger partial charge in [0.05, 0.1) is 24.1 Å². The number of alkyl halides is 1. The van der Waals surface area contributed by atoms with Crippen molar-refractivity contribution in [2.75, 3.05) is 46.2 Å². The minimum atomic E-state index is -1.47. The minimum absolute atomic E-state index is 0.00306. The molecule has 12 nitrogen and oxygen atoms in total. The molecule has 0 saturated heterocycles. The first-order valence-corrected chi connectivity index (χ1v) is 21.5. The zero-order valence-corrected chi connectivity index (χ0v) is 35.5. The number of amides is 1. The van der Waals surface area contributed by atoms with Gasteiger partial charge in [-0.15, -0.1) is 18.2 Å². The van der Waals surface area contributed by atoms with Crippen molar-refractivity contribution in [1.29, 1.82) is 0 Å². The molecule has 322 valence electrons. The highest BCUT2D eigenvalue weighted by Gasteiger charge is 2.65. The van der Waals surface area contributed by atoms with E-state index in [1.54, 1.807) is 11.0 Å². The Balaban J connectivity index is 1.43. The summed E-state index contributed by atoms with van der Waals surface area (Å²) in [6, 6.07) is 16.8. The zero-order chi connectivity index (χ0) is 42.2. The van der Waals surface area contributed by atoms with Crippen LogP contribution in [0.15, 0.2) is 84.1 Å². The summed E-state index contributed by atoms with van der Waals surface area (Å²) in [4.78, 5) is 21.7. The monoisotopic (exact) mass is 844 g/mol. The number of benzene rings is 3. The van der Waals surface area contributed by atoms with Crippen molar-refractivity contribution in [3.05, 3.63) is 101 Å². The molecule has 1 fully saturated rings. The van der Waals surface area contributed by atoms with Crippen molar-refractivity contribution < 1.29 is 48.3 Å². The van der Waals surface area contributed by atoms with Crippen molar-refractivity contribution in [1.82, 2.24) is 4.90 Å². The lowest BCUT2D eigenvalue weighted by Crippen LogP contribution is -2.70. The van der Waals surface area contributed by atoms with Crippen molar-refractivity contribution in [2.45, 2.75) is 83.1 Å². The third-order valence-electron chi connectivity index (χ3n) is 12.3. The van der Waals surface area contributed by atoms with E-state index in [4.69, 9.17) is 44.9 Å². The molecule has 0 bridgehead atoms. The van der Waals surface area contributed by atoms with E-state index < -0.39 is 23.8 Å². The Hall–Kier alpha value is -4.75. The fourth-order valence-electron chi connectivity index (χ4n) is 9.48. The lowest BCUT2D eigenvalue weighted by atomic mass is 9.55. The highest BCUT2D eigenvalue weighted by Crippen LogP contribution is 2.62. The lowest BCUT2D eigenvalue weighted by Gasteiger charge is -2.59. The maximum atomic E-state index is 14.5. The Kier molecular flexibility index (Phi) is 14.3. The van der Waals surface area contributed by atoms with Crippen LogP contribution in [0.2, 0.25) is 0 Å². The van der Waals surface area contributed by atoms with Crippen molar-refractivity contribution in [2.24, 2.45) is 22.9 Å². The van der Waals surface area contributed by atoms with Crippen LogP contribution < -0.4 is 18.9 Å². The van der Waals surface area contributed by atoms with Gasteiger partial charge in [0.25, 0.3) is 0 Å². The minimum Gasteiger partial charge on any atom is -0.459 e. The summed E-state index contributed by atoms with van der Waals surface area (Å²) in [6.07, 6.45) is 8.19. The first-order valence-electron chi connectivity index (χ1n) is 21.0. The van der Waals surface area contributed by atoms with E-state index >= 15 is 0 Å². The summed E-state index contributed by atoms with van der Waals surface area (Å²) in [5.41, 5.74) is 5.64. The van der Waals surface area contributed by atoms with Gasteiger partial charge in [0.2, 0.25) is 12.6 Å². The van der Waals surface area contributed by atoms with E-state index in [9.17, 15) is 15.0 Å². The van der Waals surface area contributed by atoms with Crippen molar-refractivity contribution >= 4 is 23.4 Å². The van der Waals surface area contributed by atoms with E-state index in [0.717, 1.165) is 53.7 Å². The molecule has 0 unspecified atom stereocenters. The predicted molar refractivity (Wildman–Crippen MR) is 228 cm³/mol. The lowest BCUT2D eigenvalue weighted by molar-refractivity contribution is -0.256. The molecule has 1 amide bonds. The Bertz CT molecular complexity index is 2060. The normalized spacial score (nSPS) is 24.1. The van der Waals surface area contributed by atoms with E-state index in [1.165, 1.54) is 12.7 Å². The molecule has 0 aromatic heterocycles. The molecule has 0 radical (unpaired) electrons. The van der Waals surface area contributed by atoms with Crippen LogP contribution >= 0.6 is 11.6 Å². The van der Waals surface area contributed by atoms with Gasteiger partial charge >= 0.3 is 6.09 Å². The number of aliphatic hydroxyl groups is 2. The van der Waals surface area contributed by atoms with E-state index in [1.807, 2.05) is 42.5 Å². The standard InChI is InChI=1S/C47H57ClN2O10/c1-5-21-58-47-43(50(46(53)55-22-18-48)28-32-13-16-41-42(24-32)57-29-56-41)27-39(49-54-4)37-25-33(10-6-8-19-51)36(11-7-9-20-52)44(45(37)47)38-26-35(15-17-40(38)60-47)59-34-14-12-30(2)31(3)23-34/h5,12-17,23-26,33,36,43-45,51-52H,1,6-11,18-22,27-29H2,2-4H3/t33-,36+,43-,44+,45+,47+/m0/s1. The van der Waals surface area contributed by atoms with Gasteiger partial charge in [-0.25, -0.2) is 4.79 Å². The molecule has 3 aromatic rings. The topological polar surface area (TPSA) is 138 Å². The molecule has 6 atom stereocenters. The number of aliphatic hydroxyl groups excluding tert-OH is 2. The fourth-order valence-corrected chi connectivity index (χ4v) is 9.56. The molecule has 4 aliphatic rings. The van der Waals surface area contributed by atoms with Gasteiger partial charge in [0.15, 0.2) is 11.5 Å². The predicted octanol–water partition coefficient (Wildman–Crippen LogP) is 8.97. The van der Waals surface area contributed by atoms with E-state index in [0.29, 0.717) is 41.6 Å². The number of fused-ring (bicyclic) bond motifs is 3. The SMILES string of the molecule is C=CCO[C@@]12Oc3ccc(Oc4ccc(C)c(C)c4)cc3[C@H]3[C@H](CCCCO)[C@@H](CCCCO)C=C(C(=NOC)C[C@@H]1N(Cc1ccc4c(c1)OCO4)C(=O)OCCCl)[C@H]32. The molecule has 7 rings (SSSR count). The average Bonchev–Trinajstić information content (AvgIpc) is 3.72. The highest BCUT2D eigenvalue weighted by molar-refractivity contribution is 6.18. The summed E-state index contributed by atoms with van der Waals surface area (Å²) in [5, 5.41) is 24.5. The molecule has 2 heterocycles. The van der Waals surface area contributed by atoms with Crippen molar-refractivity contribution in [3.63, 3.8) is 0 Å². The molecule has 2 aliphatic heterocycles. The van der Waals surface area contributed by atoms with Crippen molar-refractivity contribution in [3.8, 4) is 28.7 Å². The number of hydrogen-bond donors (Lipinski definition) is 2. The van der Waals surface area contributed by atoms with Gasteiger partial charge in [-0.1, -0.05) is 42.3 Å². The number of carbonyl (C=O) groups excluding carboxylic acids is 1. The second kappa shape index (κ2) is 19.8. The Morgan fingerprint density at radius 3 is 2.47 bits per heavy atom. The summed E-state index contributed by atoms with van der Waals surface area (Å²) in [6.45, 7) is 8.70. The molecule has 60 heavy (non-hydrogen) atoms. The fraction of sp³-hybridized carbons (Fsp3) is 0.489. The highest BCUT2D eigenvalue weighted by atomic mass is 35.5. The largest absolute Gasteiger partial charge is 0.459 e. The van der Waals surface area contributed by atoms with Gasteiger partial charge in [-0.05, 0) is 116 Å². The number of ether oxygens (including phenoxy) is 6. The van der Waals surface area contributed by atoms with Gasteiger partial charge in [-0.3, -0.25) is 4.90 Å². The number of aryl methyl sites for hydroxylation is 2. The number of allylic oxidation sites excluding steroid dienone is 1. The van der Waals surface area contributed by atoms with E-state index in [2.05, 4.69) is 43.8 Å². The van der Waals surface area contributed by atoms with Crippen LogP contribution in [0.1, 0.15) is 73.1 Å². The average molecular weight is 845 g/mol. The molecule has 2 aliphatic carbocycles. The van der Waals surface area contributed by atoms with Gasteiger partial charge in [0, 0.05) is 37.7 Å². The van der Waals surface area contributed by atoms with Gasteiger partial charge < -0.3 is 43.5 Å². The summed E-state index contributed by atoms with van der Waals surface area (Å²) in [5.74, 6) is 1.26. The quantitative estimate of drug-likeness (QED) is 0.0521. The number of unbranched alkanes of at least 4 members (excludes halogenated alkanes) is 2. The Labute approximate surface area is 357 Å². The van der Waals surface area contributed by atoms with Gasteiger partial charge in [-0.2, -0.15) is 0 Å². The molecule has 1 saturated carbocycles. The number of oxime groups is 1. The van der Waals surface area contributed by atoms with E-state index in [-0.39, 0.29) is 69.8 Å². The number of nitrogens with zero attached hydrogens (tertiary/aromatic N) is 2. The van der Waals surface area contributed by atoms with Crippen LogP contribution in [0.3, 0.4) is 0 Å². The molecular formula is C47H57ClN2O10. The molecule has 2 N–H and O–H groups in total. The number of hydrogen-bond acceptors (Lipinski definition) is 11. The van der Waals surface area contributed by atoms with Crippen LogP contribution in [0, 0.1) is 31.6 Å². The summed E-state index contributed by atoms with van der Waals surface area (Å²) in [7, 11) is 1.53. The van der Waals surface area contributed by atoms with Crippen LogP contribution in [0.4, 0.5) is 4.79 Å². The number of halogens is 1. The smallest absolute Gasteiger partial charge is 0.410 e.